The van der Waals surface area contributed by atoms with Gasteiger partial charge in [-0.1, -0.05) is 51.1 Å². The van der Waals surface area contributed by atoms with Gasteiger partial charge in [-0.3, -0.25) is 9.59 Å². The molecular weight excluding hydrogens is 628 g/mol. The first-order chi connectivity index (χ1) is 23.2. The van der Waals surface area contributed by atoms with Crippen molar-refractivity contribution in [2.24, 2.45) is 11.8 Å². The monoisotopic (exact) mass is 677 g/mol. The van der Waals surface area contributed by atoms with Crippen molar-refractivity contribution in [2.75, 3.05) is 39.5 Å². The number of likely N-dealkylation sites (N-methyl/N-ethyl adjacent to an activating group) is 1. The summed E-state index contributed by atoms with van der Waals surface area (Å²) in [5, 5.41) is 14.4. The summed E-state index contributed by atoms with van der Waals surface area (Å²) in [5.74, 6) is -0.843. The van der Waals surface area contributed by atoms with Gasteiger partial charge in [0.15, 0.2) is 0 Å². The van der Waals surface area contributed by atoms with Gasteiger partial charge < -0.3 is 30.0 Å². The van der Waals surface area contributed by atoms with E-state index in [-0.39, 0.29) is 29.5 Å². The van der Waals surface area contributed by atoms with Crippen LogP contribution in [0.5, 0.6) is 0 Å². The molecule has 0 aliphatic carbocycles. The van der Waals surface area contributed by atoms with Crippen LogP contribution in [0.25, 0.3) is 11.1 Å². The summed E-state index contributed by atoms with van der Waals surface area (Å²) in [5.41, 5.74) is 3.38. The Morgan fingerprint density at radius 3 is 2.12 bits per heavy atom. The number of nitriles is 1. The Balaban J connectivity index is 0.000000372. The Labute approximate surface area is 289 Å². The summed E-state index contributed by atoms with van der Waals surface area (Å²) in [4.78, 5) is 48.0. The predicted octanol–water partition coefficient (Wildman–Crippen LogP) is 6.14. The van der Waals surface area contributed by atoms with Crippen LogP contribution in [-0.4, -0.2) is 80.5 Å². The first-order valence-corrected chi connectivity index (χ1v) is 16.0. The molecule has 4 rings (SSSR count). The lowest BCUT2D eigenvalue weighted by Crippen LogP contribution is -2.40. The van der Waals surface area contributed by atoms with Crippen LogP contribution in [0.3, 0.4) is 0 Å². The number of hydrogen-bond acceptors (Lipinski definition) is 7. The van der Waals surface area contributed by atoms with Crippen molar-refractivity contribution < 1.29 is 28.0 Å². The van der Waals surface area contributed by atoms with Gasteiger partial charge in [-0.15, -0.1) is 0 Å². The standard InChI is InChI=1S/C16H13F2NO2.C10H15N3O2.C8H11N.C4H10/c1-10(9-20)19-16(21)12-4-7-15(18)14(8-12)11-2-5-13(17)6-3-11;1-12(2)6-10(15)13-5-8(7-14)3-9(13)4-11;1-7-5-3-4-6-8(7)9-2;1-4(2)3/h2-10H,1H3,(H,19,21);7-9H,3,5-6H2,1-2H3;3-6,9H,1-2H3;4H,1-3H3. The number of aryl methyl sites for hydroxylation is 1. The van der Waals surface area contributed by atoms with Gasteiger partial charge in [0.05, 0.1) is 18.7 Å². The van der Waals surface area contributed by atoms with Crippen LogP contribution in [0, 0.1) is 41.7 Å². The van der Waals surface area contributed by atoms with E-state index in [0.717, 1.165) is 12.2 Å². The van der Waals surface area contributed by atoms with Crippen molar-refractivity contribution in [1.29, 1.82) is 5.26 Å². The molecule has 2 N–H and O–H groups in total. The third kappa shape index (κ3) is 15.2. The Morgan fingerprint density at radius 2 is 1.63 bits per heavy atom. The molecule has 3 atom stereocenters. The Morgan fingerprint density at radius 1 is 1.02 bits per heavy atom. The number of carbonyl (C=O) groups excluding carboxylic acids is 4. The highest BCUT2D eigenvalue weighted by molar-refractivity contribution is 5.96. The van der Waals surface area contributed by atoms with Gasteiger partial charge >= 0.3 is 0 Å². The highest BCUT2D eigenvalue weighted by atomic mass is 19.1. The number of amides is 2. The molecule has 11 heteroatoms. The van der Waals surface area contributed by atoms with Crippen LogP contribution >= 0.6 is 0 Å². The number of halogens is 2. The molecule has 49 heavy (non-hydrogen) atoms. The Hall–Kier alpha value is -4.95. The fraction of sp³-hybridized carbons (Fsp3) is 0.395. The molecule has 1 saturated heterocycles. The lowest BCUT2D eigenvalue weighted by Gasteiger charge is -2.21. The van der Waals surface area contributed by atoms with E-state index in [1.807, 2.05) is 19.2 Å². The Kier molecular flexibility index (Phi) is 18.7. The third-order valence-corrected chi connectivity index (χ3v) is 6.81. The minimum Gasteiger partial charge on any atom is -0.388 e. The molecule has 3 unspecified atom stereocenters. The first kappa shape index (κ1) is 42.1. The van der Waals surface area contributed by atoms with E-state index >= 15 is 0 Å². The van der Waals surface area contributed by atoms with E-state index in [4.69, 9.17) is 5.26 Å². The van der Waals surface area contributed by atoms with Crippen molar-refractivity contribution in [3.8, 4) is 17.2 Å². The molecule has 264 valence electrons. The predicted molar refractivity (Wildman–Crippen MR) is 190 cm³/mol. The highest BCUT2D eigenvalue weighted by Gasteiger charge is 2.34. The molecular formula is C38H49F2N5O4. The number of rotatable bonds is 8. The van der Waals surface area contributed by atoms with E-state index in [2.05, 4.69) is 56.5 Å². The second-order valence-corrected chi connectivity index (χ2v) is 12.5. The molecule has 1 fully saturated rings. The molecule has 1 aliphatic rings. The van der Waals surface area contributed by atoms with Gasteiger partial charge in [-0.2, -0.15) is 5.26 Å². The average molecular weight is 678 g/mol. The number of carbonyl (C=O) groups is 4. The van der Waals surface area contributed by atoms with Gasteiger partial charge in [0.25, 0.3) is 5.91 Å². The van der Waals surface area contributed by atoms with Crippen LogP contribution < -0.4 is 10.6 Å². The molecule has 9 nitrogen and oxygen atoms in total. The topological polar surface area (TPSA) is 123 Å². The first-order valence-electron chi connectivity index (χ1n) is 16.0. The summed E-state index contributed by atoms with van der Waals surface area (Å²) < 4.78 is 26.8. The summed E-state index contributed by atoms with van der Waals surface area (Å²) in [6.45, 7) is 10.8. The zero-order valence-electron chi connectivity index (χ0n) is 29.7. The molecule has 1 aliphatic heterocycles. The van der Waals surface area contributed by atoms with Crippen LogP contribution in [-0.2, 0) is 14.4 Å². The fourth-order valence-electron chi connectivity index (χ4n) is 4.42. The van der Waals surface area contributed by atoms with Crippen LogP contribution in [0.4, 0.5) is 14.5 Å². The molecule has 0 radical (unpaired) electrons. The van der Waals surface area contributed by atoms with Gasteiger partial charge in [-0.25, -0.2) is 8.78 Å². The second-order valence-electron chi connectivity index (χ2n) is 12.5. The number of para-hydroxylation sites is 1. The highest BCUT2D eigenvalue weighted by Crippen LogP contribution is 2.24. The maximum Gasteiger partial charge on any atom is 0.251 e. The smallest absolute Gasteiger partial charge is 0.251 e. The molecule has 1 heterocycles. The number of benzene rings is 3. The number of hydrogen-bond donors (Lipinski definition) is 2. The van der Waals surface area contributed by atoms with Crippen molar-refractivity contribution in [3.63, 3.8) is 0 Å². The lowest BCUT2D eigenvalue weighted by molar-refractivity contribution is -0.132. The van der Waals surface area contributed by atoms with E-state index in [0.29, 0.717) is 24.8 Å². The van der Waals surface area contributed by atoms with E-state index in [9.17, 15) is 28.0 Å². The molecule has 2 amide bonds. The van der Waals surface area contributed by atoms with Crippen LogP contribution in [0.15, 0.2) is 66.7 Å². The zero-order chi connectivity index (χ0) is 37.1. The number of aldehydes is 2. The summed E-state index contributed by atoms with van der Waals surface area (Å²) in [6, 6.07) is 18.4. The van der Waals surface area contributed by atoms with Crippen LogP contribution in [0.1, 0.15) is 50.0 Å². The molecule has 3 aromatic carbocycles. The molecule has 0 bridgehead atoms. The minimum atomic E-state index is -0.628. The SMILES string of the molecule is CC(C)C.CC(C=O)NC(=O)c1ccc(F)c(-c2ccc(F)cc2)c1.CN(C)CC(=O)N1CC(C=O)CC1C#N.CNc1ccccc1C. The third-order valence-electron chi connectivity index (χ3n) is 6.81. The quantitative estimate of drug-likeness (QED) is 0.275. The number of likely N-dealkylation sites (tertiary alicyclic amines) is 1. The van der Waals surface area contributed by atoms with E-state index in [1.54, 1.807) is 19.0 Å². The summed E-state index contributed by atoms with van der Waals surface area (Å²) >= 11 is 0. The molecule has 0 saturated carbocycles. The average Bonchev–Trinajstić information content (AvgIpc) is 3.50. The largest absolute Gasteiger partial charge is 0.388 e. The maximum atomic E-state index is 13.9. The maximum absolute atomic E-state index is 13.9. The summed E-state index contributed by atoms with van der Waals surface area (Å²) in [7, 11) is 5.53. The van der Waals surface area contributed by atoms with Gasteiger partial charge in [-0.05, 0) is 87.8 Å². The number of nitrogens with one attached hydrogen (secondary N) is 2. The van der Waals surface area contributed by atoms with E-state index < -0.39 is 29.6 Å². The van der Waals surface area contributed by atoms with Gasteiger partial charge in [0.1, 0.15) is 30.2 Å². The minimum absolute atomic E-state index is 0.0871. The fourth-order valence-corrected chi connectivity index (χ4v) is 4.42. The van der Waals surface area contributed by atoms with Crippen LogP contribution in [0.2, 0.25) is 0 Å². The van der Waals surface area contributed by atoms with Crippen molar-refractivity contribution in [1.82, 2.24) is 15.1 Å². The zero-order valence-corrected chi connectivity index (χ0v) is 29.7. The van der Waals surface area contributed by atoms with Crippen molar-refractivity contribution in [3.05, 3.63) is 89.5 Å². The van der Waals surface area contributed by atoms with Gasteiger partial charge in [0, 0.05) is 36.3 Å². The van der Waals surface area contributed by atoms with Gasteiger partial charge in [0.2, 0.25) is 5.91 Å². The summed E-state index contributed by atoms with van der Waals surface area (Å²) in [6.07, 6.45) is 1.90. The van der Waals surface area contributed by atoms with Crippen molar-refractivity contribution >= 4 is 30.1 Å². The van der Waals surface area contributed by atoms with Crippen molar-refractivity contribution in [2.45, 2.75) is 53.1 Å². The molecule has 0 spiro atoms. The number of nitrogens with zero attached hydrogens (tertiary/aromatic N) is 3. The second kappa shape index (κ2) is 21.8. The number of anilines is 1. The normalized spacial score (nSPS) is 15.2. The van der Waals surface area contributed by atoms with E-state index in [1.165, 1.54) is 65.5 Å². The molecule has 3 aromatic rings. The Bertz CT molecular complexity index is 1540. The molecule has 0 aromatic heterocycles. The lowest BCUT2D eigenvalue weighted by atomic mass is 10.0.